The molecule has 1 unspecified atom stereocenters. The van der Waals surface area contributed by atoms with E-state index in [9.17, 15) is 0 Å². The zero-order valence-electron chi connectivity index (χ0n) is 19.9. The van der Waals surface area contributed by atoms with Crippen molar-refractivity contribution in [1.29, 1.82) is 0 Å². The highest BCUT2D eigenvalue weighted by Gasteiger charge is 2.20. The van der Waals surface area contributed by atoms with Gasteiger partial charge in [0.05, 0.1) is 0 Å². The molecule has 1 atom stereocenters. The van der Waals surface area contributed by atoms with E-state index in [2.05, 4.69) is 55.0 Å². The molecule has 166 valence electrons. The Morgan fingerprint density at radius 2 is 1.13 bits per heavy atom. The maximum Gasteiger partial charge on any atom is 0.243 e. The Kier molecular flexibility index (Phi) is 12.6. The van der Waals surface area contributed by atoms with Gasteiger partial charge in [0.1, 0.15) is 18.0 Å². The quantitative estimate of drug-likeness (QED) is 0.181. The normalized spacial score (nSPS) is 14.2. The van der Waals surface area contributed by atoms with Crippen molar-refractivity contribution >= 4 is 12.4 Å². The Bertz CT molecular complexity index is 588. The number of nitrogens with zero attached hydrogens (tertiary/aromatic N) is 2. The van der Waals surface area contributed by atoms with Crippen molar-refractivity contribution in [1.82, 2.24) is 0 Å². The molecular formula is C28H45N2+. The summed E-state index contributed by atoms with van der Waals surface area (Å²) in [5, 5.41) is 0. The first kappa shape index (κ1) is 24.7. The topological polar surface area (TPSA) is 24.7 Å². The first-order chi connectivity index (χ1) is 14.7. The standard InChI is InChI=1S/C28H45N2/c1-4-5-6-7-8-9-10-11-12-13-14-15-16-17-27(24(2)3)25-18-20-26(21-19-25)28-29-22-23-30-28/h18-24,27H,4-17H2,1-3H3/q+1. The van der Waals surface area contributed by atoms with Gasteiger partial charge in [-0.3, -0.25) is 0 Å². The van der Waals surface area contributed by atoms with Crippen molar-refractivity contribution in [2.75, 3.05) is 0 Å². The van der Waals surface area contributed by atoms with Crippen LogP contribution in [0.25, 0.3) is 0 Å². The number of aliphatic imine (C=N–C) groups is 2. The number of hydrogen-bond donors (Lipinski definition) is 0. The molecular weight excluding hydrogens is 364 g/mol. The lowest BCUT2D eigenvalue weighted by molar-refractivity contribution is 0.440. The van der Waals surface area contributed by atoms with Gasteiger partial charge in [0.2, 0.25) is 6.17 Å². The van der Waals surface area contributed by atoms with E-state index in [1.807, 2.05) is 0 Å². The van der Waals surface area contributed by atoms with Gasteiger partial charge in [-0.1, -0.05) is 104 Å². The fraction of sp³-hybridized carbons (Fsp3) is 0.679. The van der Waals surface area contributed by atoms with Crippen molar-refractivity contribution in [2.45, 2.75) is 117 Å². The summed E-state index contributed by atoms with van der Waals surface area (Å²) in [5.41, 5.74) is 2.59. The predicted molar refractivity (Wildman–Crippen MR) is 134 cm³/mol. The van der Waals surface area contributed by atoms with E-state index >= 15 is 0 Å². The molecule has 0 N–H and O–H groups in total. The van der Waals surface area contributed by atoms with Gasteiger partial charge in [-0.25, -0.2) is 0 Å². The van der Waals surface area contributed by atoms with Crippen molar-refractivity contribution in [3.8, 4) is 0 Å². The SMILES string of the molecule is CCCCCCCCCCCCCCCC(c1ccc([C+]2N=CC=N2)cc1)C(C)C. The summed E-state index contributed by atoms with van der Waals surface area (Å²) in [6.45, 7) is 7.02. The Labute approximate surface area is 186 Å². The van der Waals surface area contributed by atoms with Crippen molar-refractivity contribution < 1.29 is 0 Å². The summed E-state index contributed by atoms with van der Waals surface area (Å²) in [7, 11) is 0. The molecule has 0 bridgehead atoms. The molecule has 1 aliphatic rings. The summed E-state index contributed by atoms with van der Waals surface area (Å²) in [4.78, 5) is 8.60. The molecule has 0 amide bonds. The second-order valence-electron chi connectivity index (χ2n) is 9.38. The van der Waals surface area contributed by atoms with Crippen molar-refractivity contribution in [3.05, 3.63) is 41.6 Å². The summed E-state index contributed by atoms with van der Waals surface area (Å²) in [5.74, 6) is 1.34. The molecule has 0 aliphatic carbocycles. The maximum atomic E-state index is 4.30. The second-order valence-corrected chi connectivity index (χ2v) is 9.38. The highest BCUT2D eigenvalue weighted by Crippen LogP contribution is 2.31. The lowest BCUT2D eigenvalue weighted by Gasteiger charge is -2.21. The van der Waals surface area contributed by atoms with Gasteiger partial charge in [-0.15, -0.1) is 9.98 Å². The van der Waals surface area contributed by atoms with Crippen LogP contribution in [-0.4, -0.2) is 12.4 Å². The van der Waals surface area contributed by atoms with Crippen LogP contribution in [0.3, 0.4) is 0 Å². The third-order valence-corrected chi connectivity index (χ3v) is 6.48. The molecule has 0 spiro atoms. The molecule has 1 heterocycles. The van der Waals surface area contributed by atoms with Crippen LogP contribution in [0.4, 0.5) is 0 Å². The second kappa shape index (κ2) is 15.3. The van der Waals surface area contributed by atoms with Gasteiger partial charge in [0, 0.05) is 12.1 Å². The van der Waals surface area contributed by atoms with Gasteiger partial charge >= 0.3 is 0 Å². The number of hydrogen-bond acceptors (Lipinski definition) is 2. The minimum atomic E-state index is 0.660. The number of unbranched alkanes of at least 4 members (excludes halogenated alkanes) is 12. The molecule has 1 aromatic rings. The summed E-state index contributed by atoms with van der Waals surface area (Å²) in [6, 6.07) is 8.95. The number of rotatable bonds is 17. The third-order valence-electron chi connectivity index (χ3n) is 6.48. The van der Waals surface area contributed by atoms with Crippen LogP contribution < -0.4 is 0 Å². The predicted octanol–water partition coefficient (Wildman–Crippen LogP) is 8.90. The summed E-state index contributed by atoms with van der Waals surface area (Å²) < 4.78 is 0. The average molecular weight is 410 g/mol. The van der Waals surface area contributed by atoms with Crippen LogP contribution in [0.2, 0.25) is 0 Å². The van der Waals surface area contributed by atoms with Gasteiger partial charge < -0.3 is 0 Å². The zero-order valence-corrected chi connectivity index (χ0v) is 19.9. The van der Waals surface area contributed by atoms with E-state index in [-0.39, 0.29) is 0 Å². The van der Waals surface area contributed by atoms with Gasteiger partial charge in [-0.2, -0.15) is 0 Å². The van der Waals surface area contributed by atoms with Crippen LogP contribution in [-0.2, 0) is 0 Å². The largest absolute Gasteiger partial charge is 0.243 e. The third kappa shape index (κ3) is 9.49. The van der Waals surface area contributed by atoms with Gasteiger partial charge in [-0.05, 0) is 36.0 Å². The van der Waals surface area contributed by atoms with Gasteiger partial charge in [0.15, 0.2) is 0 Å². The van der Waals surface area contributed by atoms with Crippen LogP contribution in [0, 0.1) is 12.1 Å². The Balaban J connectivity index is 1.55. The first-order valence-corrected chi connectivity index (χ1v) is 12.8. The summed E-state index contributed by atoms with van der Waals surface area (Å²) in [6.07, 6.45) is 24.2. The fourth-order valence-electron chi connectivity index (χ4n) is 4.54. The highest BCUT2D eigenvalue weighted by molar-refractivity contribution is 6.18. The first-order valence-electron chi connectivity index (χ1n) is 12.8. The van der Waals surface area contributed by atoms with E-state index < -0.39 is 0 Å². The Morgan fingerprint density at radius 1 is 0.667 bits per heavy atom. The van der Waals surface area contributed by atoms with E-state index in [0.717, 1.165) is 11.7 Å². The van der Waals surface area contributed by atoms with Crippen LogP contribution in [0.15, 0.2) is 34.3 Å². The Morgan fingerprint density at radius 3 is 1.60 bits per heavy atom. The summed E-state index contributed by atoms with van der Waals surface area (Å²) >= 11 is 0. The maximum absolute atomic E-state index is 4.30. The molecule has 1 aliphatic heterocycles. The highest BCUT2D eigenvalue weighted by atomic mass is 15.0. The molecule has 30 heavy (non-hydrogen) atoms. The zero-order chi connectivity index (χ0) is 21.4. The minimum Gasteiger partial charge on any atom is -0.147 e. The molecule has 0 saturated carbocycles. The molecule has 0 fully saturated rings. The molecule has 1 aromatic carbocycles. The smallest absolute Gasteiger partial charge is 0.147 e. The van der Waals surface area contributed by atoms with Crippen LogP contribution in [0.5, 0.6) is 0 Å². The lowest BCUT2D eigenvalue weighted by atomic mass is 9.84. The van der Waals surface area contributed by atoms with Crippen molar-refractivity contribution in [3.63, 3.8) is 0 Å². The molecule has 0 aromatic heterocycles. The number of benzene rings is 1. The van der Waals surface area contributed by atoms with E-state index in [1.165, 1.54) is 95.5 Å². The molecule has 0 radical (unpaired) electrons. The molecule has 2 nitrogen and oxygen atoms in total. The van der Waals surface area contributed by atoms with E-state index in [0.29, 0.717) is 11.8 Å². The molecule has 0 saturated heterocycles. The van der Waals surface area contributed by atoms with Crippen molar-refractivity contribution in [2.24, 2.45) is 15.9 Å². The van der Waals surface area contributed by atoms with Crippen LogP contribution >= 0.6 is 0 Å². The van der Waals surface area contributed by atoms with Crippen LogP contribution in [0.1, 0.15) is 128 Å². The minimum absolute atomic E-state index is 0.660. The molecule has 2 heteroatoms. The monoisotopic (exact) mass is 409 g/mol. The Hall–Kier alpha value is -1.57. The van der Waals surface area contributed by atoms with E-state index in [4.69, 9.17) is 0 Å². The average Bonchev–Trinajstić information content (AvgIpc) is 3.29. The van der Waals surface area contributed by atoms with E-state index in [1.54, 1.807) is 12.4 Å². The molecule has 2 rings (SSSR count). The lowest BCUT2D eigenvalue weighted by Crippen LogP contribution is -2.07. The fourth-order valence-corrected chi connectivity index (χ4v) is 4.54. The van der Waals surface area contributed by atoms with Gasteiger partial charge in [0.25, 0.3) is 0 Å².